The lowest BCUT2D eigenvalue weighted by atomic mass is 10.2. The minimum atomic E-state index is 0.719. The van der Waals surface area contributed by atoms with Crippen molar-refractivity contribution < 1.29 is 0 Å². The zero-order chi connectivity index (χ0) is 13.1. The summed E-state index contributed by atoms with van der Waals surface area (Å²) < 4.78 is 0. The number of benzene rings is 1. The van der Waals surface area contributed by atoms with E-state index < -0.39 is 0 Å². The third kappa shape index (κ3) is 2.68. The summed E-state index contributed by atoms with van der Waals surface area (Å²) in [5, 5.41) is 1.89. The molecule has 0 radical (unpaired) electrons. The van der Waals surface area contributed by atoms with Crippen LogP contribution in [0.25, 0.3) is 10.9 Å². The van der Waals surface area contributed by atoms with Gasteiger partial charge in [-0.2, -0.15) is 11.8 Å². The zero-order valence-electron chi connectivity index (χ0n) is 11.2. The summed E-state index contributed by atoms with van der Waals surface area (Å²) in [6, 6.07) is 8.29. The van der Waals surface area contributed by atoms with Gasteiger partial charge in [0, 0.05) is 23.7 Å². The number of hydrogen-bond donors (Lipinski definition) is 0. The minimum absolute atomic E-state index is 0.719. The topological polar surface area (TPSA) is 29.0 Å². The number of rotatable bonds is 2. The first kappa shape index (κ1) is 12.7. The molecular formula is C15H19N3S. The van der Waals surface area contributed by atoms with E-state index >= 15 is 0 Å². The van der Waals surface area contributed by atoms with E-state index in [-0.39, 0.29) is 0 Å². The molecular weight excluding hydrogens is 254 g/mol. The molecule has 1 aromatic carbocycles. The smallest absolute Gasteiger partial charge is 0.139 e. The highest BCUT2D eigenvalue weighted by molar-refractivity contribution is 7.99. The van der Waals surface area contributed by atoms with Gasteiger partial charge in [-0.3, -0.25) is 0 Å². The van der Waals surface area contributed by atoms with Gasteiger partial charge in [0.2, 0.25) is 0 Å². The lowest BCUT2D eigenvalue weighted by molar-refractivity contribution is 0.736. The Morgan fingerprint density at radius 3 is 3.00 bits per heavy atom. The monoisotopic (exact) mass is 273 g/mol. The van der Waals surface area contributed by atoms with E-state index in [1.54, 1.807) is 6.33 Å². The largest absolute Gasteiger partial charge is 0.355 e. The Balaban J connectivity index is 1.98. The maximum Gasteiger partial charge on any atom is 0.139 e. The number of aromatic nitrogens is 2. The molecule has 1 aromatic heterocycles. The maximum absolute atomic E-state index is 4.55. The quantitative estimate of drug-likeness (QED) is 0.839. The van der Waals surface area contributed by atoms with Crippen molar-refractivity contribution in [3.63, 3.8) is 0 Å². The van der Waals surface area contributed by atoms with E-state index in [1.807, 2.05) is 17.8 Å². The Morgan fingerprint density at radius 1 is 1.21 bits per heavy atom. The highest BCUT2D eigenvalue weighted by Gasteiger charge is 2.19. The highest BCUT2D eigenvalue weighted by Crippen LogP contribution is 2.27. The van der Waals surface area contributed by atoms with E-state index in [9.17, 15) is 0 Å². The molecule has 1 fully saturated rings. The van der Waals surface area contributed by atoms with Crippen LogP contribution in [0, 0.1) is 0 Å². The molecule has 1 saturated heterocycles. The second kappa shape index (κ2) is 5.78. The van der Waals surface area contributed by atoms with Crippen LogP contribution >= 0.6 is 11.8 Å². The Hall–Kier alpha value is -1.29. The maximum atomic E-state index is 4.55. The summed E-state index contributed by atoms with van der Waals surface area (Å²) in [6.07, 6.45) is 7.81. The molecule has 0 spiro atoms. The molecule has 0 aliphatic carbocycles. The third-order valence-corrected chi connectivity index (χ3v) is 4.83. The SMILES string of the molecule is CSC1CCCCN(c2ncnc3ccccc23)C1. The molecule has 2 heterocycles. The van der Waals surface area contributed by atoms with Crippen LogP contribution in [0.4, 0.5) is 5.82 Å². The van der Waals surface area contributed by atoms with Crippen molar-refractivity contribution in [2.45, 2.75) is 24.5 Å². The Kier molecular flexibility index (Phi) is 3.87. The predicted molar refractivity (Wildman–Crippen MR) is 82.9 cm³/mol. The molecule has 0 saturated carbocycles. The van der Waals surface area contributed by atoms with E-state index in [4.69, 9.17) is 0 Å². The van der Waals surface area contributed by atoms with Crippen LogP contribution in [0.3, 0.4) is 0 Å². The van der Waals surface area contributed by atoms with Crippen LogP contribution in [0.15, 0.2) is 30.6 Å². The van der Waals surface area contributed by atoms with Crippen molar-refractivity contribution in [2.24, 2.45) is 0 Å². The van der Waals surface area contributed by atoms with Gasteiger partial charge in [0.25, 0.3) is 0 Å². The Morgan fingerprint density at radius 2 is 2.11 bits per heavy atom. The molecule has 1 atom stereocenters. The lowest BCUT2D eigenvalue weighted by Gasteiger charge is -2.25. The number of nitrogens with zero attached hydrogens (tertiary/aromatic N) is 3. The number of anilines is 1. The van der Waals surface area contributed by atoms with Crippen molar-refractivity contribution >= 4 is 28.5 Å². The molecule has 2 aromatic rings. The van der Waals surface area contributed by atoms with Gasteiger partial charge in [0.05, 0.1) is 5.52 Å². The molecule has 3 rings (SSSR count). The average Bonchev–Trinajstić information content (AvgIpc) is 2.72. The first-order valence-electron chi connectivity index (χ1n) is 6.86. The summed E-state index contributed by atoms with van der Waals surface area (Å²) in [6.45, 7) is 2.21. The standard InChI is InChI=1S/C15H19N3S/c1-19-12-6-4-5-9-18(10-12)15-13-7-2-3-8-14(13)16-11-17-15/h2-3,7-8,11-12H,4-6,9-10H2,1H3. The van der Waals surface area contributed by atoms with Crippen LogP contribution in [-0.4, -0.2) is 34.6 Å². The summed E-state index contributed by atoms with van der Waals surface area (Å²) >= 11 is 1.98. The van der Waals surface area contributed by atoms with Gasteiger partial charge >= 0.3 is 0 Å². The van der Waals surface area contributed by atoms with Crippen LogP contribution in [0.1, 0.15) is 19.3 Å². The molecule has 1 unspecified atom stereocenters. The van der Waals surface area contributed by atoms with E-state index in [1.165, 1.54) is 24.6 Å². The number of hydrogen-bond acceptors (Lipinski definition) is 4. The molecule has 1 aliphatic heterocycles. The summed E-state index contributed by atoms with van der Waals surface area (Å²) in [5.41, 5.74) is 1.04. The molecule has 0 amide bonds. The van der Waals surface area contributed by atoms with Crippen molar-refractivity contribution in [2.75, 3.05) is 24.2 Å². The van der Waals surface area contributed by atoms with Crippen LogP contribution in [0.2, 0.25) is 0 Å². The average molecular weight is 273 g/mol. The molecule has 0 bridgehead atoms. The second-order valence-electron chi connectivity index (χ2n) is 5.01. The Bertz CT molecular complexity index is 553. The lowest BCUT2D eigenvalue weighted by Crippen LogP contribution is -2.30. The van der Waals surface area contributed by atoms with Gasteiger partial charge in [-0.25, -0.2) is 9.97 Å². The number of thioether (sulfide) groups is 1. The van der Waals surface area contributed by atoms with Gasteiger partial charge in [0.1, 0.15) is 12.1 Å². The first-order valence-corrected chi connectivity index (χ1v) is 8.15. The van der Waals surface area contributed by atoms with E-state index in [0.717, 1.165) is 29.7 Å². The van der Waals surface area contributed by atoms with E-state index in [0.29, 0.717) is 0 Å². The van der Waals surface area contributed by atoms with Gasteiger partial charge in [-0.15, -0.1) is 0 Å². The second-order valence-corrected chi connectivity index (χ2v) is 6.15. The minimum Gasteiger partial charge on any atom is -0.355 e. The van der Waals surface area contributed by atoms with Crippen molar-refractivity contribution in [3.8, 4) is 0 Å². The van der Waals surface area contributed by atoms with Crippen molar-refractivity contribution in [3.05, 3.63) is 30.6 Å². The number of fused-ring (bicyclic) bond motifs is 1. The van der Waals surface area contributed by atoms with Gasteiger partial charge < -0.3 is 4.90 Å². The van der Waals surface area contributed by atoms with Gasteiger partial charge in [-0.1, -0.05) is 18.6 Å². The molecule has 0 N–H and O–H groups in total. The summed E-state index contributed by atoms with van der Waals surface area (Å²) in [5.74, 6) is 1.10. The van der Waals surface area contributed by atoms with E-state index in [2.05, 4.69) is 39.3 Å². The normalized spacial score (nSPS) is 20.5. The fourth-order valence-electron chi connectivity index (χ4n) is 2.73. The van der Waals surface area contributed by atoms with Gasteiger partial charge in [-0.05, 0) is 31.2 Å². The van der Waals surface area contributed by atoms with Crippen LogP contribution in [-0.2, 0) is 0 Å². The predicted octanol–water partition coefficient (Wildman–Crippen LogP) is 3.35. The van der Waals surface area contributed by atoms with Crippen molar-refractivity contribution in [1.29, 1.82) is 0 Å². The molecule has 100 valence electrons. The molecule has 3 nitrogen and oxygen atoms in total. The zero-order valence-corrected chi connectivity index (χ0v) is 12.1. The fraction of sp³-hybridized carbons (Fsp3) is 0.467. The highest BCUT2D eigenvalue weighted by atomic mass is 32.2. The molecule has 19 heavy (non-hydrogen) atoms. The molecule has 1 aliphatic rings. The van der Waals surface area contributed by atoms with Gasteiger partial charge in [0.15, 0.2) is 0 Å². The van der Waals surface area contributed by atoms with Crippen molar-refractivity contribution in [1.82, 2.24) is 9.97 Å². The third-order valence-electron chi connectivity index (χ3n) is 3.78. The van der Waals surface area contributed by atoms with Crippen LogP contribution < -0.4 is 4.90 Å². The summed E-state index contributed by atoms with van der Waals surface area (Å²) in [4.78, 5) is 11.3. The first-order chi connectivity index (χ1) is 9.38. The number of para-hydroxylation sites is 1. The molecule has 4 heteroatoms. The Labute approximate surface area is 118 Å². The summed E-state index contributed by atoms with van der Waals surface area (Å²) in [7, 11) is 0. The van der Waals surface area contributed by atoms with Crippen LogP contribution in [0.5, 0.6) is 0 Å². The fourth-order valence-corrected chi connectivity index (χ4v) is 3.46.